The van der Waals surface area contributed by atoms with Gasteiger partial charge in [-0.25, -0.2) is 0 Å². The largest absolute Gasteiger partial charge is 0.491 e. The number of carbonyl (C=O) groups is 1. The molecule has 2 heterocycles. The molecule has 5 nitrogen and oxygen atoms in total. The van der Waals surface area contributed by atoms with Crippen LogP contribution >= 0.6 is 0 Å². The van der Waals surface area contributed by atoms with E-state index in [0.29, 0.717) is 24.6 Å². The summed E-state index contributed by atoms with van der Waals surface area (Å²) in [4.78, 5) is 16.8. The molecule has 3 aromatic carbocycles. The van der Waals surface area contributed by atoms with Crippen LogP contribution < -0.4 is 9.64 Å². The Labute approximate surface area is 214 Å². The van der Waals surface area contributed by atoms with Crippen LogP contribution in [0.15, 0.2) is 78.9 Å². The van der Waals surface area contributed by atoms with Gasteiger partial charge in [0.1, 0.15) is 18.5 Å². The molecule has 1 saturated heterocycles. The number of rotatable bonds is 8. The molecule has 1 amide bonds. The number of anilines is 1. The van der Waals surface area contributed by atoms with Gasteiger partial charge in [0, 0.05) is 32.0 Å². The van der Waals surface area contributed by atoms with Crippen LogP contribution in [0.2, 0.25) is 0 Å². The highest BCUT2D eigenvalue weighted by molar-refractivity contribution is 5.97. The number of ether oxygens (including phenoxy) is 1. The highest BCUT2D eigenvalue weighted by atomic mass is 16.5. The van der Waals surface area contributed by atoms with E-state index in [-0.39, 0.29) is 18.4 Å². The molecule has 0 aromatic heterocycles. The van der Waals surface area contributed by atoms with Crippen molar-refractivity contribution in [2.45, 2.75) is 37.7 Å². The SMILES string of the molecule is CN1C(=O)CC(c2ccccc2)c2ccc(OCC(O)CN3CCC(Cc4ccccc4)CC3)cc21. The number of piperidine rings is 1. The molecule has 0 aliphatic carbocycles. The van der Waals surface area contributed by atoms with Gasteiger partial charge in [0.05, 0.1) is 5.69 Å². The van der Waals surface area contributed by atoms with Crippen LogP contribution in [0, 0.1) is 5.92 Å². The van der Waals surface area contributed by atoms with Crippen LogP contribution in [0.25, 0.3) is 0 Å². The summed E-state index contributed by atoms with van der Waals surface area (Å²) in [5, 5.41) is 10.7. The number of aliphatic hydroxyl groups excluding tert-OH is 1. The van der Waals surface area contributed by atoms with Crippen molar-refractivity contribution in [3.63, 3.8) is 0 Å². The quantitative estimate of drug-likeness (QED) is 0.495. The fraction of sp³-hybridized carbons (Fsp3) is 0.387. The van der Waals surface area contributed by atoms with Crippen molar-refractivity contribution in [2.24, 2.45) is 5.92 Å². The standard InChI is InChI=1S/C31H36N2O3/c1-32-30-19-27(12-13-28(30)29(20-31(32)35)25-10-6-3-7-11-25)36-22-26(34)21-33-16-14-24(15-17-33)18-23-8-4-2-5-9-23/h2-13,19,24,26,29,34H,14-18,20-22H2,1H3. The minimum Gasteiger partial charge on any atom is -0.491 e. The van der Waals surface area contributed by atoms with Gasteiger partial charge in [-0.3, -0.25) is 4.79 Å². The number of amides is 1. The molecular formula is C31H36N2O3. The summed E-state index contributed by atoms with van der Waals surface area (Å²) < 4.78 is 5.99. The summed E-state index contributed by atoms with van der Waals surface area (Å²) in [5.41, 5.74) is 4.58. The maximum Gasteiger partial charge on any atom is 0.227 e. The summed E-state index contributed by atoms with van der Waals surface area (Å²) in [6.45, 7) is 2.89. The Bertz CT molecular complexity index is 1140. The maximum absolute atomic E-state index is 12.7. The van der Waals surface area contributed by atoms with Crippen molar-refractivity contribution in [1.82, 2.24) is 4.90 Å². The van der Waals surface area contributed by atoms with Crippen molar-refractivity contribution in [3.8, 4) is 5.75 Å². The van der Waals surface area contributed by atoms with Crippen molar-refractivity contribution < 1.29 is 14.6 Å². The Hall–Kier alpha value is -3.15. The number of benzene rings is 3. The third-order valence-corrected chi connectivity index (χ3v) is 7.68. The molecule has 2 unspecified atom stereocenters. The smallest absolute Gasteiger partial charge is 0.227 e. The molecule has 0 saturated carbocycles. The summed E-state index contributed by atoms with van der Waals surface area (Å²) >= 11 is 0. The van der Waals surface area contributed by atoms with Crippen LogP contribution in [-0.2, 0) is 11.2 Å². The molecule has 3 aromatic rings. The predicted octanol–water partition coefficient (Wildman–Crippen LogP) is 4.88. The number of fused-ring (bicyclic) bond motifs is 1. The van der Waals surface area contributed by atoms with Gasteiger partial charge in [0.15, 0.2) is 0 Å². The first-order valence-electron chi connectivity index (χ1n) is 13.1. The van der Waals surface area contributed by atoms with Crippen LogP contribution in [0.4, 0.5) is 5.69 Å². The first-order chi connectivity index (χ1) is 17.6. The molecule has 1 N–H and O–H groups in total. The van der Waals surface area contributed by atoms with Gasteiger partial charge in [-0.1, -0.05) is 66.7 Å². The number of carbonyl (C=O) groups excluding carboxylic acids is 1. The molecule has 188 valence electrons. The zero-order chi connectivity index (χ0) is 24.9. The highest BCUT2D eigenvalue weighted by Crippen LogP contribution is 2.41. The Morgan fingerprint density at radius 2 is 1.67 bits per heavy atom. The molecule has 5 rings (SSSR count). The summed E-state index contributed by atoms with van der Waals surface area (Å²) in [6.07, 6.45) is 3.38. The molecule has 2 aliphatic rings. The Balaban J connectivity index is 1.14. The van der Waals surface area contributed by atoms with Crippen molar-refractivity contribution >= 4 is 11.6 Å². The summed E-state index contributed by atoms with van der Waals surface area (Å²) in [5.74, 6) is 1.55. The normalized spacial score (nSPS) is 19.7. The topological polar surface area (TPSA) is 53.0 Å². The maximum atomic E-state index is 12.7. The lowest BCUT2D eigenvalue weighted by Gasteiger charge is -2.33. The number of β-amino-alcohol motifs (C(OH)–C–C–N with tert-alkyl or cyclic N) is 1. The Morgan fingerprint density at radius 3 is 2.39 bits per heavy atom. The summed E-state index contributed by atoms with van der Waals surface area (Å²) in [6, 6.07) is 26.9. The first-order valence-corrected chi connectivity index (χ1v) is 13.1. The zero-order valence-corrected chi connectivity index (χ0v) is 21.1. The molecule has 5 heteroatoms. The van der Waals surface area contributed by atoms with E-state index in [4.69, 9.17) is 4.74 Å². The minimum atomic E-state index is -0.553. The van der Waals surface area contributed by atoms with Gasteiger partial charge in [0.2, 0.25) is 5.91 Å². The van der Waals surface area contributed by atoms with E-state index in [9.17, 15) is 9.90 Å². The Kier molecular flexibility index (Phi) is 7.69. The van der Waals surface area contributed by atoms with Crippen LogP contribution in [0.5, 0.6) is 5.75 Å². The van der Waals surface area contributed by atoms with E-state index in [1.54, 1.807) is 4.90 Å². The second kappa shape index (κ2) is 11.3. The summed E-state index contributed by atoms with van der Waals surface area (Å²) in [7, 11) is 1.82. The molecule has 36 heavy (non-hydrogen) atoms. The van der Waals surface area contributed by atoms with E-state index in [1.165, 1.54) is 5.56 Å². The fourth-order valence-electron chi connectivity index (χ4n) is 5.60. The van der Waals surface area contributed by atoms with Crippen molar-refractivity contribution in [2.75, 3.05) is 38.2 Å². The van der Waals surface area contributed by atoms with Crippen LogP contribution in [-0.4, -0.2) is 55.3 Å². The van der Waals surface area contributed by atoms with E-state index in [0.717, 1.165) is 49.2 Å². The van der Waals surface area contributed by atoms with E-state index < -0.39 is 6.10 Å². The van der Waals surface area contributed by atoms with Crippen molar-refractivity contribution in [3.05, 3.63) is 95.6 Å². The second-order valence-electron chi connectivity index (χ2n) is 10.2. The third-order valence-electron chi connectivity index (χ3n) is 7.68. The van der Waals surface area contributed by atoms with E-state index in [2.05, 4.69) is 53.4 Å². The van der Waals surface area contributed by atoms with Crippen molar-refractivity contribution in [1.29, 1.82) is 0 Å². The number of hydrogen-bond acceptors (Lipinski definition) is 4. The highest BCUT2D eigenvalue weighted by Gasteiger charge is 2.30. The molecule has 0 radical (unpaired) electrons. The molecule has 2 aliphatic heterocycles. The lowest BCUT2D eigenvalue weighted by molar-refractivity contribution is -0.118. The first kappa shape index (κ1) is 24.5. The number of hydrogen-bond donors (Lipinski definition) is 1. The van der Waals surface area contributed by atoms with Gasteiger partial charge < -0.3 is 19.6 Å². The number of nitrogens with zero attached hydrogens (tertiary/aromatic N) is 2. The lowest BCUT2D eigenvalue weighted by Crippen LogP contribution is -2.41. The third kappa shape index (κ3) is 5.80. The van der Waals surface area contributed by atoms with E-state index in [1.807, 2.05) is 37.4 Å². The fourth-order valence-corrected chi connectivity index (χ4v) is 5.60. The zero-order valence-electron chi connectivity index (χ0n) is 21.1. The predicted molar refractivity (Wildman–Crippen MR) is 144 cm³/mol. The van der Waals surface area contributed by atoms with Gasteiger partial charge in [-0.15, -0.1) is 0 Å². The average molecular weight is 485 g/mol. The monoisotopic (exact) mass is 484 g/mol. The molecule has 2 atom stereocenters. The lowest BCUT2D eigenvalue weighted by atomic mass is 9.84. The van der Waals surface area contributed by atoms with Crippen LogP contribution in [0.1, 0.15) is 41.9 Å². The number of aliphatic hydroxyl groups is 1. The molecule has 0 bridgehead atoms. The van der Waals surface area contributed by atoms with Gasteiger partial charge in [0.25, 0.3) is 0 Å². The number of likely N-dealkylation sites (tertiary alicyclic amines) is 1. The average Bonchev–Trinajstić information content (AvgIpc) is 2.92. The Morgan fingerprint density at radius 1 is 0.972 bits per heavy atom. The van der Waals surface area contributed by atoms with E-state index >= 15 is 0 Å². The molecule has 0 spiro atoms. The van der Waals surface area contributed by atoms with Gasteiger partial charge in [-0.05, 0) is 61.0 Å². The van der Waals surface area contributed by atoms with Gasteiger partial charge >= 0.3 is 0 Å². The van der Waals surface area contributed by atoms with Gasteiger partial charge in [-0.2, -0.15) is 0 Å². The van der Waals surface area contributed by atoms with Crippen LogP contribution in [0.3, 0.4) is 0 Å². The minimum absolute atomic E-state index is 0.0503. The second-order valence-corrected chi connectivity index (χ2v) is 10.2. The molecule has 1 fully saturated rings. The molecular weight excluding hydrogens is 448 g/mol.